The van der Waals surface area contributed by atoms with Crippen molar-refractivity contribution >= 4 is 0 Å². The van der Waals surface area contributed by atoms with Gasteiger partial charge in [0.05, 0.1) is 24.9 Å². The number of aliphatic hydroxyl groups is 2. The number of ether oxygens (including phenoxy) is 1. The van der Waals surface area contributed by atoms with Gasteiger partial charge in [-0.2, -0.15) is 0 Å². The highest BCUT2D eigenvalue weighted by atomic mass is 16.5. The number of nitrogens with two attached hydrogens (primary N) is 1. The van der Waals surface area contributed by atoms with Crippen molar-refractivity contribution in [1.82, 2.24) is 0 Å². The summed E-state index contributed by atoms with van der Waals surface area (Å²) >= 11 is 0. The zero-order valence-corrected chi connectivity index (χ0v) is 5.90. The Morgan fingerprint density at radius 3 is 2.60 bits per heavy atom. The van der Waals surface area contributed by atoms with Crippen molar-refractivity contribution in [3.05, 3.63) is 0 Å². The molecule has 4 nitrogen and oxygen atoms in total. The quantitative estimate of drug-likeness (QED) is 0.388. The molecular weight excluding hydrogens is 134 g/mol. The van der Waals surface area contributed by atoms with Crippen molar-refractivity contribution in [3.63, 3.8) is 0 Å². The van der Waals surface area contributed by atoms with Crippen LogP contribution in [-0.4, -0.2) is 41.2 Å². The fraction of sp³-hybridized carbons (Fsp3) is 1.00. The minimum atomic E-state index is -0.844. The van der Waals surface area contributed by atoms with E-state index in [0.717, 1.165) is 0 Å². The molecule has 0 aromatic rings. The molecule has 10 heavy (non-hydrogen) atoms. The lowest BCUT2D eigenvalue weighted by Gasteiger charge is -2.34. The first-order valence-electron chi connectivity index (χ1n) is 3.36. The van der Waals surface area contributed by atoms with Crippen molar-refractivity contribution in [2.75, 3.05) is 6.61 Å². The van der Waals surface area contributed by atoms with Crippen molar-refractivity contribution in [3.8, 4) is 0 Å². The Hall–Kier alpha value is -0.160. The van der Waals surface area contributed by atoms with E-state index in [1.807, 2.05) is 0 Å². The largest absolute Gasteiger partial charge is 0.389 e. The number of aliphatic hydroxyl groups excluding tert-OH is 2. The molecule has 4 heteroatoms. The summed E-state index contributed by atoms with van der Waals surface area (Å²) in [6.45, 7) is 1.95. The second-order valence-corrected chi connectivity index (χ2v) is 2.67. The van der Waals surface area contributed by atoms with Gasteiger partial charge in [-0.05, 0) is 6.92 Å². The highest BCUT2D eigenvalue weighted by molar-refractivity contribution is 4.87. The summed E-state index contributed by atoms with van der Waals surface area (Å²) in [5.74, 6) is 0. The van der Waals surface area contributed by atoms with Crippen molar-refractivity contribution in [2.45, 2.75) is 31.3 Å². The van der Waals surface area contributed by atoms with Gasteiger partial charge in [-0.25, -0.2) is 0 Å². The van der Waals surface area contributed by atoms with Crippen LogP contribution in [0.4, 0.5) is 0 Å². The number of hydrogen-bond acceptors (Lipinski definition) is 4. The van der Waals surface area contributed by atoms with E-state index >= 15 is 0 Å². The molecule has 1 saturated heterocycles. The Balaban J connectivity index is 2.52. The highest BCUT2D eigenvalue weighted by Crippen LogP contribution is 2.12. The first kappa shape index (κ1) is 7.94. The van der Waals surface area contributed by atoms with E-state index in [0.29, 0.717) is 0 Å². The van der Waals surface area contributed by atoms with Crippen LogP contribution >= 0.6 is 0 Å². The van der Waals surface area contributed by atoms with Crippen molar-refractivity contribution in [1.29, 1.82) is 0 Å². The molecule has 1 heterocycles. The predicted molar refractivity (Wildman–Crippen MR) is 35.4 cm³/mol. The second kappa shape index (κ2) is 2.84. The maximum absolute atomic E-state index is 9.16. The molecule has 1 rings (SSSR count). The minimum Gasteiger partial charge on any atom is -0.389 e. The standard InChI is InChI=1S/C6H13NO3/c1-3-5(7)6(9)4(8)2-10-3/h3-6,8-9H,2,7H2,1H3/t3-,4+,5-,6-/m1/s1. The molecule has 0 aromatic carbocycles. The molecule has 0 aromatic heterocycles. The molecule has 0 unspecified atom stereocenters. The molecule has 0 saturated carbocycles. The molecule has 4 atom stereocenters. The molecular formula is C6H13NO3. The van der Waals surface area contributed by atoms with Gasteiger partial charge in [-0.1, -0.05) is 0 Å². The summed E-state index contributed by atoms with van der Waals surface area (Å²) in [6, 6.07) is -0.469. The molecule has 0 radical (unpaired) electrons. The van der Waals surface area contributed by atoms with Crippen LogP contribution in [-0.2, 0) is 4.74 Å². The first-order chi connectivity index (χ1) is 4.63. The fourth-order valence-corrected chi connectivity index (χ4v) is 0.994. The lowest BCUT2D eigenvalue weighted by Crippen LogP contribution is -2.56. The maximum atomic E-state index is 9.16. The molecule has 0 bridgehead atoms. The van der Waals surface area contributed by atoms with Gasteiger partial charge < -0.3 is 20.7 Å². The highest BCUT2D eigenvalue weighted by Gasteiger charge is 2.33. The van der Waals surface area contributed by atoms with E-state index in [1.54, 1.807) is 6.92 Å². The third-order valence-corrected chi connectivity index (χ3v) is 1.86. The molecule has 0 amide bonds. The second-order valence-electron chi connectivity index (χ2n) is 2.67. The van der Waals surface area contributed by atoms with E-state index in [9.17, 15) is 0 Å². The van der Waals surface area contributed by atoms with E-state index in [1.165, 1.54) is 0 Å². The number of rotatable bonds is 0. The Bertz CT molecular complexity index is 106. The summed E-state index contributed by atoms with van der Waals surface area (Å²) in [7, 11) is 0. The van der Waals surface area contributed by atoms with Gasteiger partial charge >= 0.3 is 0 Å². The van der Waals surface area contributed by atoms with E-state index < -0.39 is 18.2 Å². The van der Waals surface area contributed by atoms with Gasteiger partial charge in [0, 0.05) is 0 Å². The topological polar surface area (TPSA) is 75.7 Å². The Kier molecular flexibility index (Phi) is 2.25. The summed E-state index contributed by atoms with van der Waals surface area (Å²) in [5.41, 5.74) is 5.48. The lowest BCUT2D eigenvalue weighted by atomic mass is 9.99. The smallest absolute Gasteiger partial charge is 0.105 e. The van der Waals surface area contributed by atoms with Crippen molar-refractivity contribution in [2.24, 2.45) is 5.73 Å². The summed E-state index contributed by atoms with van der Waals surface area (Å²) in [4.78, 5) is 0. The third kappa shape index (κ3) is 1.29. The fourth-order valence-electron chi connectivity index (χ4n) is 0.994. The molecule has 60 valence electrons. The van der Waals surface area contributed by atoms with Crippen LogP contribution in [0.25, 0.3) is 0 Å². The molecule has 1 fully saturated rings. The van der Waals surface area contributed by atoms with Crippen LogP contribution in [0, 0.1) is 0 Å². The van der Waals surface area contributed by atoms with Crippen molar-refractivity contribution < 1.29 is 14.9 Å². The van der Waals surface area contributed by atoms with Gasteiger partial charge in [0.2, 0.25) is 0 Å². The summed E-state index contributed by atoms with van der Waals surface area (Å²) in [5, 5.41) is 18.2. The Morgan fingerprint density at radius 1 is 1.50 bits per heavy atom. The average Bonchev–Trinajstić information content (AvgIpc) is 1.93. The minimum absolute atomic E-state index is 0.168. The van der Waals surface area contributed by atoms with Gasteiger partial charge in [0.15, 0.2) is 0 Å². The van der Waals surface area contributed by atoms with E-state index in [-0.39, 0.29) is 12.7 Å². The van der Waals surface area contributed by atoms with Crippen LogP contribution < -0.4 is 5.73 Å². The normalized spacial score (nSPS) is 49.2. The van der Waals surface area contributed by atoms with Crippen LogP contribution in [0.2, 0.25) is 0 Å². The van der Waals surface area contributed by atoms with E-state index in [2.05, 4.69) is 0 Å². The zero-order chi connectivity index (χ0) is 7.72. The molecule has 0 spiro atoms. The molecule has 1 aliphatic heterocycles. The monoisotopic (exact) mass is 147 g/mol. The maximum Gasteiger partial charge on any atom is 0.105 e. The first-order valence-corrected chi connectivity index (χ1v) is 3.36. The number of hydrogen-bond donors (Lipinski definition) is 3. The SMILES string of the molecule is C[C@H]1OC[C@H](O)[C@@H](O)[C@@H]1N. The van der Waals surface area contributed by atoms with Crippen LogP contribution in [0.1, 0.15) is 6.92 Å². The average molecular weight is 147 g/mol. The lowest BCUT2D eigenvalue weighted by molar-refractivity contribution is -0.127. The van der Waals surface area contributed by atoms with E-state index in [4.69, 9.17) is 20.7 Å². The predicted octanol–water partition coefficient (Wildman–Crippen LogP) is -1.55. The molecule has 4 N–H and O–H groups in total. The molecule has 1 aliphatic rings. The van der Waals surface area contributed by atoms with Gasteiger partial charge in [0.25, 0.3) is 0 Å². The van der Waals surface area contributed by atoms with Gasteiger partial charge in [-0.15, -0.1) is 0 Å². The Morgan fingerprint density at radius 2 is 2.10 bits per heavy atom. The molecule has 0 aliphatic carbocycles. The van der Waals surface area contributed by atoms with Crippen LogP contribution in [0.3, 0.4) is 0 Å². The third-order valence-electron chi connectivity index (χ3n) is 1.86. The van der Waals surface area contributed by atoms with Crippen LogP contribution in [0.5, 0.6) is 0 Å². The summed E-state index contributed by atoms with van der Waals surface area (Å²) < 4.78 is 5.04. The summed E-state index contributed by atoms with van der Waals surface area (Å²) in [6.07, 6.45) is -1.84. The van der Waals surface area contributed by atoms with Gasteiger partial charge in [0.1, 0.15) is 6.10 Å². The zero-order valence-electron chi connectivity index (χ0n) is 5.90. The van der Waals surface area contributed by atoms with Gasteiger partial charge in [-0.3, -0.25) is 0 Å². The van der Waals surface area contributed by atoms with Crippen LogP contribution in [0.15, 0.2) is 0 Å². The Labute approximate surface area is 59.6 Å².